The second-order valence-corrected chi connectivity index (χ2v) is 8.16. The summed E-state index contributed by atoms with van der Waals surface area (Å²) < 4.78 is 26.3. The van der Waals surface area contributed by atoms with Crippen molar-refractivity contribution in [2.45, 2.75) is 53.4 Å². The fourth-order valence-electron chi connectivity index (χ4n) is 1.75. The first-order chi connectivity index (χ1) is 8.79. The van der Waals surface area contributed by atoms with E-state index in [-0.39, 0.29) is 5.75 Å². The average molecular weight is 292 g/mol. The highest BCUT2D eigenvalue weighted by atomic mass is 32.2. The van der Waals surface area contributed by atoms with Crippen molar-refractivity contribution in [3.8, 4) is 0 Å². The molecule has 0 spiro atoms. The molecule has 0 aromatic heterocycles. The van der Waals surface area contributed by atoms with Gasteiger partial charge in [0.15, 0.2) is 0 Å². The van der Waals surface area contributed by atoms with Crippen molar-refractivity contribution in [1.29, 1.82) is 0 Å². The van der Waals surface area contributed by atoms with Gasteiger partial charge < -0.3 is 5.73 Å². The van der Waals surface area contributed by atoms with Crippen LogP contribution in [0.3, 0.4) is 0 Å². The maximum atomic E-state index is 12.3. The summed E-state index contributed by atoms with van der Waals surface area (Å²) in [4.78, 5) is 0. The van der Waals surface area contributed by atoms with Crippen molar-refractivity contribution in [1.82, 2.24) is 4.31 Å². The summed E-state index contributed by atoms with van der Waals surface area (Å²) in [6, 6.07) is 0. The topological polar surface area (TPSA) is 63.4 Å². The van der Waals surface area contributed by atoms with Gasteiger partial charge in [-0.15, -0.1) is 0 Å². The number of nitrogens with two attached hydrogens (primary N) is 1. The normalized spacial score (nSPS) is 12.8. The Morgan fingerprint density at radius 2 is 1.42 bits per heavy atom. The van der Waals surface area contributed by atoms with Gasteiger partial charge in [0.05, 0.1) is 5.75 Å². The highest BCUT2D eigenvalue weighted by molar-refractivity contribution is 7.89. The lowest BCUT2D eigenvalue weighted by molar-refractivity contribution is 0.356. The summed E-state index contributed by atoms with van der Waals surface area (Å²) in [6.45, 7) is 10.4. The number of rotatable bonds is 11. The van der Waals surface area contributed by atoms with Gasteiger partial charge in [-0.25, -0.2) is 12.7 Å². The molecule has 0 rings (SSSR count). The molecule has 0 fully saturated rings. The van der Waals surface area contributed by atoms with Crippen molar-refractivity contribution in [2.75, 3.05) is 25.4 Å². The Bertz CT molecular complexity index is 301. The third-order valence-electron chi connectivity index (χ3n) is 3.16. The first-order valence-electron chi connectivity index (χ1n) is 7.47. The fourth-order valence-corrected chi connectivity index (χ4v) is 3.35. The molecule has 19 heavy (non-hydrogen) atoms. The number of unbranched alkanes of at least 4 members (excludes halogenated alkanes) is 1. The van der Waals surface area contributed by atoms with Gasteiger partial charge in [0.1, 0.15) is 0 Å². The van der Waals surface area contributed by atoms with Gasteiger partial charge in [0.2, 0.25) is 10.0 Å². The van der Waals surface area contributed by atoms with Crippen LogP contribution in [-0.2, 0) is 10.0 Å². The van der Waals surface area contributed by atoms with Gasteiger partial charge in [0.25, 0.3) is 0 Å². The molecule has 0 saturated heterocycles. The van der Waals surface area contributed by atoms with Crippen LogP contribution in [-0.4, -0.2) is 38.1 Å². The molecule has 0 amide bonds. The molecule has 0 aliphatic carbocycles. The first-order valence-corrected chi connectivity index (χ1v) is 9.08. The minimum atomic E-state index is -3.11. The maximum absolute atomic E-state index is 12.3. The van der Waals surface area contributed by atoms with Gasteiger partial charge in [-0.1, -0.05) is 27.7 Å². The van der Waals surface area contributed by atoms with Crippen LogP contribution in [0.1, 0.15) is 53.4 Å². The Balaban J connectivity index is 4.50. The van der Waals surface area contributed by atoms with Crippen LogP contribution in [0.25, 0.3) is 0 Å². The fraction of sp³-hybridized carbons (Fsp3) is 1.00. The molecular weight excluding hydrogens is 260 g/mol. The average Bonchev–Trinajstić information content (AvgIpc) is 2.27. The number of hydrogen-bond acceptors (Lipinski definition) is 3. The van der Waals surface area contributed by atoms with E-state index in [1.54, 1.807) is 4.31 Å². The van der Waals surface area contributed by atoms with Crippen molar-refractivity contribution in [3.63, 3.8) is 0 Å². The van der Waals surface area contributed by atoms with Crippen molar-refractivity contribution in [3.05, 3.63) is 0 Å². The number of nitrogens with zero attached hydrogens (tertiary/aromatic N) is 1. The zero-order valence-corrected chi connectivity index (χ0v) is 13.9. The van der Waals surface area contributed by atoms with Crippen LogP contribution in [0.4, 0.5) is 0 Å². The standard InChI is InChI=1S/C14H32N2O2S/c1-13(2)7-10-16(11-8-14(3)4)19(17,18)12-6-5-9-15/h13-14H,5-12,15H2,1-4H3. The van der Waals surface area contributed by atoms with E-state index in [4.69, 9.17) is 5.73 Å². The van der Waals surface area contributed by atoms with E-state index in [0.717, 1.165) is 19.3 Å². The lowest BCUT2D eigenvalue weighted by atomic mass is 10.1. The predicted molar refractivity (Wildman–Crippen MR) is 82.6 cm³/mol. The van der Waals surface area contributed by atoms with Gasteiger partial charge in [-0.05, 0) is 44.1 Å². The zero-order valence-electron chi connectivity index (χ0n) is 13.1. The maximum Gasteiger partial charge on any atom is 0.214 e. The molecule has 0 radical (unpaired) electrons. The third-order valence-corrected chi connectivity index (χ3v) is 5.12. The van der Waals surface area contributed by atoms with E-state index < -0.39 is 10.0 Å². The minimum absolute atomic E-state index is 0.236. The molecule has 0 aliphatic rings. The van der Waals surface area contributed by atoms with Crippen LogP contribution >= 0.6 is 0 Å². The van der Waals surface area contributed by atoms with Crippen LogP contribution in [0.15, 0.2) is 0 Å². The molecule has 0 unspecified atom stereocenters. The highest BCUT2D eigenvalue weighted by Crippen LogP contribution is 2.12. The molecule has 2 N–H and O–H groups in total. The molecule has 4 nitrogen and oxygen atoms in total. The van der Waals surface area contributed by atoms with E-state index in [9.17, 15) is 8.42 Å². The van der Waals surface area contributed by atoms with Crippen molar-refractivity contribution < 1.29 is 8.42 Å². The monoisotopic (exact) mass is 292 g/mol. The Morgan fingerprint density at radius 1 is 0.947 bits per heavy atom. The lowest BCUT2D eigenvalue weighted by Gasteiger charge is -2.23. The first kappa shape index (κ1) is 18.9. The third kappa shape index (κ3) is 9.41. The quantitative estimate of drug-likeness (QED) is 0.595. The summed E-state index contributed by atoms with van der Waals surface area (Å²) >= 11 is 0. The Kier molecular flexibility index (Phi) is 9.66. The van der Waals surface area contributed by atoms with Crippen LogP contribution in [0.5, 0.6) is 0 Å². The summed E-state index contributed by atoms with van der Waals surface area (Å²) in [5.74, 6) is 1.29. The molecule has 5 heteroatoms. The van der Waals surface area contributed by atoms with Crippen LogP contribution in [0.2, 0.25) is 0 Å². The lowest BCUT2D eigenvalue weighted by Crippen LogP contribution is -2.36. The van der Waals surface area contributed by atoms with Gasteiger partial charge in [-0.2, -0.15) is 0 Å². The largest absolute Gasteiger partial charge is 0.330 e. The molecule has 116 valence electrons. The number of hydrogen-bond donors (Lipinski definition) is 1. The predicted octanol–water partition coefficient (Wildman–Crippen LogP) is 2.45. The molecule has 0 aromatic rings. The van der Waals surface area contributed by atoms with Crippen molar-refractivity contribution in [2.24, 2.45) is 17.6 Å². The SMILES string of the molecule is CC(C)CCN(CCC(C)C)S(=O)(=O)CCCCN. The molecule has 0 saturated carbocycles. The van der Waals surface area contributed by atoms with Gasteiger partial charge in [0, 0.05) is 13.1 Å². The molecule has 0 aromatic carbocycles. The molecule has 0 heterocycles. The second kappa shape index (κ2) is 9.72. The number of sulfonamides is 1. The Hall–Kier alpha value is -0.130. The van der Waals surface area contributed by atoms with Crippen LogP contribution in [0, 0.1) is 11.8 Å². The molecule has 0 bridgehead atoms. The van der Waals surface area contributed by atoms with E-state index in [1.165, 1.54) is 0 Å². The second-order valence-electron chi connectivity index (χ2n) is 6.08. The van der Waals surface area contributed by atoms with Gasteiger partial charge >= 0.3 is 0 Å². The Morgan fingerprint density at radius 3 is 1.79 bits per heavy atom. The molecular formula is C14H32N2O2S. The van der Waals surface area contributed by atoms with E-state index in [0.29, 0.717) is 37.9 Å². The zero-order chi connectivity index (χ0) is 14.9. The van der Waals surface area contributed by atoms with E-state index in [1.807, 2.05) is 0 Å². The summed E-state index contributed by atoms with van der Waals surface area (Å²) in [5, 5.41) is 0. The van der Waals surface area contributed by atoms with Gasteiger partial charge in [-0.3, -0.25) is 0 Å². The molecule has 0 atom stereocenters. The van der Waals surface area contributed by atoms with Crippen LogP contribution < -0.4 is 5.73 Å². The molecule has 0 aliphatic heterocycles. The van der Waals surface area contributed by atoms with E-state index >= 15 is 0 Å². The summed E-state index contributed by atoms with van der Waals surface area (Å²) in [6.07, 6.45) is 3.29. The Labute approximate surface area is 119 Å². The summed E-state index contributed by atoms with van der Waals surface area (Å²) in [7, 11) is -3.11. The minimum Gasteiger partial charge on any atom is -0.330 e. The highest BCUT2D eigenvalue weighted by Gasteiger charge is 2.21. The smallest absolute Gasteiger partial charge is 0.214 e. The van der Waals surface area contributed by atoms with Crippen molar-refractivity contribution >= 4 is 10.0 Å². The summed E-state index contributed by atoms with van der Waals surface area (Å²) in [5.41, 5.74) is 5.42. The van der Waals surface area contributed by atoms with E-state index in [2.05, 4.69) is 27.7 Å².